The maximum Gasteiger partial charge on any atom is 0.159 e. The van der Waals surface area contributed by atoms with Gasteiger partial charge in [0.05, 0.1) is 16.8 Å². The molecule has 0 spiro atoms. The Bertz CT molecular complexity index is 3280. The molecule has 1 aliphatic rings. The summed E-state index contributed by atoms with van der Waals surface area (Å²) in [7, 11) is 0. The van der Waals surface area contributed by atoms with Crippen LogP contribution in [-0.4, -0.2) is 0 Å². The molecule has 0 fully saturated rings. The number of fused-ring (bicyclic) bond motifs is 11. The van der Waals surface area contributed by atoms with E-state index in [9.17, 15) is 0 Å². The fourth-order valence-corrected chi connectivity index (χ4v) is 9.54. The van der Waals surface area contributed by atoms with Gasteiger partial charge < -0.3 is 13.7 Å². The van der Waals surface area contributed by atoms with Crippen LogP contribution < -0.4 is 4.90 Å². The minimum Gasteiger partial charge on any atom is -0.456 e. The first-order valence-corrected chi connectivity index (χ1v) is 19.2. The smallest absolute Gasteiger partial charge is 0.159 e. The Morgan fingerprint density at radius 1 is 0.357 bits per heavy atom. The van der Waals surface area contributed by atoms with Gasteiger partial charge in [-0.15, -0.1) is 0 Å². The molecule has 262 valence electrons. The van der Waals surface area contributed by atoms with Crippen molar-refractivity contribution in [2.75, 3.05) is 4.90 Å². The number of nitrogens with zero attached hydrogens (tertiary/aromatic N) is 1. The van der Waals surface area contributed by atoms with E-state index in [1.165, 1.54) is 33.4 Å². The summed E-state index contributed by atoms with van der Waals surface area (Å²) in [6.45, 7) is 0. The molecular formula is C53H33NO2. The zero-order chi connectivity index (χ0) is 36.8. The van der Waals surface area contributed by atoms with E-state index in [1.807, 2.05) is 12.1 Å². The Morgan fingerprint density at radius 3 is 1.80 bits per heavy atom. The number of anilines is 3. The Hall–Kier alpha value is -7.36. The van der Waals surface area contributed by atoms with E-state index in [1.54, 1.807) is 0 Å². The van der Waals surface area contributed by atoms with Crippen LogP contribution in [0, 0.1) is 0 Å². The summed E-state index contributed by atoms with van der Waals surface area (Å²) in [5.74, 6) is 0. The molecule has 0 saturated carbocycles. The summed E-state index contributed by atoms with van der Waals surface area (Å²) in [4.78, 5) is 2.35. The zero-order valence-electron chi connectivity index (χ0n) is 30.3. The van der Waals surface area contributed by atoms with Crippen molar-refractivity contribution >= 4 is 71.7 Å². The van der Waals surface area contributed by atoms with E-state index >= 15 is 0 Å². The highest BCUT2D eigenvalue weighted by Crippen LogP contribution is 2.57. The van der Waals surface area contributed by atoms with Gasteiger partial charge in [0.2, 0.25) is 0 Å². The molecule has 2 heterocycles. The summed E-state index contributed by atoms with van der Waals surface area (Å²) in [5.41, 5.74) is 13.4. The number of hydrogen-bond acceptors (Lipinski definition) is 3. The van der Waals surface area contributed by atoms with Gasteiger partial charge in [0.1, 0.15) is 16.7 Å². The van der Waals surface area contributed by atoms with Gasteiger partial charge in [0.25, 0.3) is 0 Å². The highest BCUT2D eigenvalue weighted by atomic mass is 16.3. The van der Waals surface area contributed by atoms with Gasteiger partial charge in [0, 0.05) is 38.7 Å². The van der Waals surface area contributed by atoms with Gasteiger partial charge in [0.15, 0.2) is 5.58 Å². The Morgan fingerprint density at radius 2 is 0.964 bits per heavy atom. The molecule has 3 heteroatoms. The van der Waals surface area contributed by atoms with Crippen LogP contribution in [0.15, 0.2) is 209 Å². The van der Waals surface area contributed by atoms with Crippen molar-refractivity contribution in [3.8, 4) is 11.1 Å². The van der Waals surface area contributed by atoms with E-state index < -0.39 is 5.41 Å². The number of para-hydroxylation sites is 2. The third-order valence-corrected chi connectivity index (χ3v) is 11.9. The second-order valence-electron chi connectivity index (χ2n) is 14.8. The molecule has 0 atom stereocenters. The molecule has 2 aromatic heterocycles. The lowest BCUT2D eigenvalue weighted by atomic mass is 9.67. The van der Waals surface area contributed by atoms with E-state index in [-0.39, 0.29) is 0 Å². The third kappa shape index (κ3) is 4.28. The first-order chi connectivity index (χ1) is 27.8. The average molecular weight is 716 g/mol. The van der Waals surface area contributed by atoms with Crippen LogP contribution in [0.3, 0.4) is 0 Å². The van der Waals surface area contributed by atoms with Crippen LogP contribution >= 0.6 is 0 Å². The molecule has 56 heavy (non-hydrogen) atoms. The van der Waals surface area contributed by atoms with Crippen LogP contribution in [0.2, 0.25) is 0 Å². The summed E-state index contributed by atoms with van der Waals surface area (Å²) in [6.07, 6.45) is 0. The second kappa shape index (κ2) is 11.8. The van der Waals surface area contributed by atoms with Crippen molar-refractivity contribution in [2.45, 2.75) is 5.41 Å². The quantitative estimate of drug-likeness (QED) is 0.178. The van der Waals surface area contributed by atoms with Gasteiger partial charge in [-0.25, -0.2) is 0 Å². The Labute approximate surface area is 323 Å². The molecule has 0 saturated heterocycles. The largest absolute Gasteiger partial charge is 0.456 e. The highest BCUT2D eigenvalue weighted by Gasteiger charge is 2.46. The molecule has 0 radical (unpaired) electrons. The molecule has 0 unspecified atom stereocenters. The van der Waals surface area contributed by atoms with E-state index in [0.717, 1.165) is 71.7 Å². The maximum atomic E-state index is 7.01. The number of rotatable bonds is 5. The molecule has 11 aromatic rings. The van der Waals surface area contributed by atoms with Crippen molar-refractivity contribution in [1.29, 1.82) is 0 Å². The van der Waals surface area contributed by atoms with Crippen LogP contribution in [0.4, 0.5) is 17.1 Å². The van der Waals surface area contributed by atoms with Gasteiger partial charge in [-0.2, -0.15) is 0 Å². The summed E-state index contributed by atoms with van der Waals surface area (Å²) in [6, 6.07) is 72.0. The fraction of sp³-hybridized carbons (Fsp3) is 0.0189. The van der Waals surface area contributed by atoms with Gasteiger partial charge in [-0.3, -0.25) is 0 Å². The first-order valence-electron chi connectivity index (χ1n) is 19.2. The predicted octanol–water partition coefficient (Wildman–Crippen LogP) is 14.5. The van der Waals surface area contributed by atoms with E-state index in [2.05, 4.69) is 193 Å². The van der Waals surface area contributed by atoms with Crippen molar-refractivity contribution in [3.63, 3.8) is 0 Å². The molecule has 1 aliphatic carbocycles. The second-order valence-corrected chi connectivity index (χ2v) is 14.8. The van der Waals surface area contributed by atoms with Crippen LogP contribution in [0.25, 0.3) is 65.8 Å². The lowest BCUT2D eigenvalue weighted by Gasteiger charge is -2.34. The predicted molar refractivity (Wildman–Crippen MR) is 230 cm³/mol. The number of furan rings is 2. The average Bonchev–Trinajstić information content (AvgIpc) is 3.93. The third-order valence-electron chi connectivity index (χ3n) is 11.9. The highest BCUT2D eigenvalue weighted by molar-refractivity contribution is 6.17. The van der Waals surface area contributed by atoms with Crippen molar-refractivity contribution in [1.82, 2.24) is 0 Å². The van der Waals surface area contributed by atoms with Gasteiger partial charge in [-0.05, 0) is 81.2 Å². The van der Waals surface area contributed by atoms with Crippen molar-refractivity contribution in [3.05, 3.63) is 222 Å². The van der Waals surface area contributed by atoms with Crippen molar-refractivity contribution in [2.24, 2.45) is 0 Å². The first kappa shape index (κ1) is 31.0. The van der Waals surface area contributed by atoms with E-state index in [4.69, 9.17) is 8.83 Å². The molecular weight excluding hydrogens is 683 g/mol. The Balaban J connectivity index is 1.17. The number of benzene rings is 9. The topological polar surface area (TPSA) is 29.5 Å². The zero-order valence-corrected chi connectivity index (χ0v) is 30.3. The Kier molecular flexibility index (Phi) is 6.55. The van der Waals surface area contributed by atoms with Gasteiger partial charge >= 0.3 is 0 Å². The standard InChI is InChI=1S/C53H33NO2/c1-3-15-35(16-4-1)53(36-17-5-2-6-18-36)46-23-11-9-20-40(46)41-30-27-37(32-47(41)53)54(38-28-31-43-42-21-10-12-25-49(42)55-50(43)33-38)48-24-13-22-44-45-29-26-34-14-7-8-19-39(34)51(45)56-52(44)48/h1-33H. The number of hydrogen-bond donors (Lipinski definition) is 0. The van der Waals surface area contributed by atoms with Crippen molar-refractivity contribution < 1.29 is 8.83 Å². The minimum atomic E-state index is -0.539. The SMILES string of the molecule is c1ccc(C2(c3ccccc3)c3ccccc3-c3ccc(N(c4ccc5c(c4)oc4ccccc45)c4cccc5c4oc4c6ccccc6ccc54)cc32)cc1. The van der Waals surface area contributed by atoms with Gasteiger partial charge in [-0.1, -0.05) is 152 Å². The lowest BCUT2D eigenvalue weighted by molar-refractivity contribution is 0.668. The normalized spacial score (nSPS) is 13.1. The molecule has 0 amide bonds. The maximum absolute atomic E-state index is 7.01. The molecule has 9 aromatic carbocycles. The van der Waals surface area contributed by atoms with Crippen LogP contribution in [0.5, 0.6) is 0 Å². The van der Waals surface area contributed by atoms with Crippen LogP contribution in [0.1, 0.15) is 22.3 Å². The van der Waals surface area contributed by atoms with E-state index in [0.29, 0.717) is 0 Å². The summed E-state index contributed by atoms with van der Waals surface area (Å²) < 4.78 is 13.5. The monoisotopic (exact) mass is 715 g/mol. The summed E-state index contributed by atoms with van der Waals surface area (Å²) >= 11 is 0. The molecule has 12 rings (SSSR count). The summed E-state index contributed by atoms with van der Waals surface area (Å²) in [5, 5.41) is 6.64. The molecule has 0 N–H and O–H groups in total. The molecule has 0 bridgehead atoms. The fourth-order valence-electron chi connectivity index (χ4n) is 9.54. The van der Waals surface area contributed by atoms with Crippen LogP contribution in [-0.2, 0) is 5.41 Å². The lowest BCUT2D eigenvalue weighted by Crippen LogP contribution is -2.28. The minimum absolute atomic E-state index is 0.539. The molecule has 0 aliphatic heterocycles. The molecule has 3 nitrogen and oxygen atoms in total.